The largest absolute Gasteiger partial charge is 0.495 e. The van der Waals surface area contributed by atoms with Crippen LogP contribution in [0.2, 0.25) is 0 Å². The van der Waals surface area contributed by atoms with Gasteiger partial charge >= 0.3 is 5.97 Å². The number of carbonyl (C=O) groups is 3. The Morgan fingerprint density at radius 3 is 2.14 bits per heavy atom. The van der Waals surface area contributed by atoms with Crippen LogP contribution in [0.25, 0.3) is 27.6 Å². The molecule has 3 N–H and O–H groups in total. The number of ether oxygens (including phenoxy) is 1. The van der Waals surface area contributed by atoms with Crippen LogP contribution in [-0.2, 0) is 48.6 Å². The average Bonchev–Trinajstić information content (AvgIpc) is 3.83. The minimum Gasteiger partial charge on any atom is -0.495 e. The number of nitrogens with zero attached hydrogens (tertiary/aromatic N) is 5. The molecule has 14 nitrogen and oxygen atoms in total. The summed E-state index contributed by atoms with van der Waals surface area (Å²) < 4.78 is 32.6. The van der Waals surface area contributed by atoms with Gasteiger partial charge in [0.15, 0.2) is 11.5 Å². The summed E-state index contributed by atoms with van der Waals surface area (Å²) in [7, 11) is -3.73. The second kappa shape index (κ2) is 19.5. The van der Waals surface area contributed by atoms with Crippen LogP contribution in [0.1, 0.15) is 71.6 Å². The van der Waals surface area contributed by atoms with Gasteiger partial charge in [0, 0.05) is 38.4 Å². The maximum Gasteiger partial charge on any atom is 0.343 e. The van der Waals surface area contributed by atoms with Gasteiger partial charge in [0.25, 0.3) is 5.97 Å². The van der Waals surface area contributed by atoms with Crippen molar-refractivity contribution in [2.75, 3.05) is 17.7 Å². The van der Waals surface area contributed by atoms with Gasteiger partial charge < -0.3 is 24.8 Å². The Balaban J connectivity index is 0.00000142. The molecule has 1 amide bonds. The standard InChI is InChI=1S/C40H44N6O6S.C2H4O2.Zn/c1-23-20-24(2)36(25(3)21-23)52-40(49)34-32(27-14-9-7-10-15-27)29(42-37(34)44-39(48)26(4)45-53(6,50)51)22-30-33(28-16-11-8-12-17-28)35(41-5)38(43-30)46-19-13-18-31(46)47;1-2(3)4;/h7-12,14-17,22-26,36,45H,13,18-21H2,1-4,6H3,(H2,42,43,44,48,49);1H3,(H,3,4);/p-1. The van der Waals surface area contributed by atoms with Crippen LogP contribution in [0.3, 0.4) is 0 Å². The third-order valence-electron chi connectivity index (χ3n) is 9.84. The number of carbonyl (C=O) groups excluding carboxylic acids is 2. The fourth-order valence-electron chi connectivity index (χ4n) is 7.68. The Hall–Kier alpha value is -5.23. The number of carboxylic acids is 1. The topological polar surface area (TPSA) is 193 Å². The number of hydrogen-bond donors (Lipinski definition) is 3. The minimum absolute atomic E-state index is 0. The molecule has 1 aliphatic carbocycles. The van der Waals surface area contributed by atoms with Crippen molar-refractivity contribution < 1.29 is 57.2 Å². The number of allylic oxidation sites excluding steroid dienone is 1. The Kier molecular flexibility index (Phi) is 15.3. The summed E-state index contributed by atoms with van der Waals surface area (Å²) in [4.78, 5) is 55.8. The summed E-state index contributed by atoms with van der Waals surface area (Å²) >= 11 is 0. The van der Waals surface area contributed by atoms with E-state index in [0.29, 0.717) is 53.3 Å². The van der Waals surface area contributed by atoms with E-state index in [2.05, 4.69) is 35.3 Å². The van der Waals surface area contributed by atoms with E-state index in [9.17, 15) is 23.1 Å². The predicted octanol–water partition coefficient (Wildman–Crippen LogP) is 6.79. The number of aliphatic hydroxyl groups excluding tert-OH is 1. The third-order valence-corrected chi connectivity index (χ3v) is 10.6. The minimum atomic E-state index is -3.73. The monoisotopic (exact) mass is 859 g/mol. The molecule has 2 fully saturated rings. The van der Waals surface area contributed by atoms with Crippen molar-refractivity contribution in [1.82, 2.24) is 9.71 Å². The molecule has 58 heavy (non-hydrogen) atoms. The maximum atomic E-state index is 14.5. The smallest absolute Gasteiger partial charge is 0.343 e. The van der Waals surface area contributed by atoms with Crippen LogP contribution in [0.5, 0.6) is 0 Å². The van der Waals surface area contributed by atoms with E-state index in [0.717, 1.165) is 26.0 Å². The van der Waals surface area contributed by atoms with E-state index in [4.69, 9.17) is 31.2 Å². The normalized spacial score (nSPS) is 22.1. The first-order valence-electron chi connectivity index (χ1n) is 18.7. The summed E-state index contributed by atoms with van der Waals surface area (Å²) in [6.07, 6.45) is 5.02. The Morgan fingerprint density at radius 2 is 1.62 bits per heavy atom. The van der Waals surface area contributed by atoms with Gasteiger partial charge in [-0.2, -0.15) is 4.99 Å². The van der Waals surface area contributed by atoms with Crippen LogP contribution in [0.4, 0.5) is 11.5 Å². The van der Waals surface area contributed by atoms with E-state index >= 15 is 0 Å². The molecule has 3 heterocycles. The number of aliphatic hydroxyl groups is 1. The third kappa shape index (κ3) is 10.8. The van der Waals surface area contributed by atoms with Gasteiger partial charge in [0.2, 0.25) is 15.9 Å². The van der Waals surface area contributed by atoms with Gasteiger partial charge in [0.1, 0.15) is 17.6 Å². The summed E-state index contributed by atoms with van der Waals surface area (Å²) in [5.41, 5.74) is 2.98. The van der Waals surface area contributed by atoms with Crippen molar-refractivity contribution in [3.63, 3.8) is 0 Å². The number of aliphatic imine (C=N–C) groups is 2. The van der Waals surface area contributed by atoms with Gasteiger partial charge in [-0.05, 0) is 78.9 Å². The zero-order chi connectivity index (χ0) is 41.6. The SMILES string of the molecule is CC(=O)O.[C-]#[N+]c1c(N2CCCC2=O)[n-]c(C=C2N=C(N=C(O)C(C)NS(C)(=O)=O)C(C(=O)OC3C(C)CC(C)CC3C)=C2c2ccccc2)c1-c1ccccc1.[Zn]. The van der Waals surface area contributed by atoms with E-state index in [1.165, 1.54) is 11.8 Å². The van der Waals surface area contributed by atoms with Crippen LogP contribution in [-0.4, -0.2) is 73.2 Å². The fraction of sp³-hybridized carbons (Fsp3) is 0.381. The summed E-state index contributed by atoms with van der Waals surface area (Å²) in [6.45, 7) is 17.4. The fourth-order valence-corrected chi connectivity index (χ4v) is 8.42. The molecular formula is C42H47N6O8SZn-. The molecule has 6 rings (SSSR count). The van der Waals surface area contributed by atoms with Crippen molar-refractivity contribution in [3.05, 3.63) is 94.6 Å². The first-order chi connectivity index (χ1) is 27.0. The molecule has 3 unspecified atom stereocenters. The van der Waals surface area contributed by atoms with Crippen molar-refractivity contribution in [2.45, 2.75) is 72.4 Å². The van der Waals surface area contributed by atoms with Crippen LogP contribution in [0, 0.1) is 24.3 Å². The number of aromatic nitrogens is 1. The van der Waals surface area contributed by atoms with Crippen molar-refractivity contribution in [2.24, 2.45) is 27.7 Å². The first kappa shape index (κ1) is 45.5. The Morgan fingerprint density at radius 1 is 1.05 bits per heavy atom. The number of amidine groups is 1. The van der Waals surface area contributed by atoms with E-state index in [1.807, 2.05) is 60.7 Å². The molecule has 2 aliphatic heterocycles. The molecular weight excluding hydrogens is 814 g/mol. The number of nitrogens with one attached hydrogen (secondary N) is 1. The zero-order valence-corrected chi connectivity index (χ0v) is 37.3. The molecule has 1 saturated carbocycles. The van der Waals surface area contributed by atoms with Crippen molar-refractivity contribution in [1.29, 1.82) is 0 Å². The Bertz CT molecular complexity index is 2280. The van der Waals surface area contributed by atoms with Gasteiger partial charge in [-0.3, -0.25) is 9.59 Å². The number of carboxylic acid groups (broad SMARTS) is 1. The molecule has 0 radical (unpaired) electrons. The summed E-state index contributed by atoms with van der Waals surface area (Å²) in [5, 5.41) is 18.5. The van der Waals surface area contributed by atoms with E-state index in [-0.39, 0.29) is 71.9 Å². The number of aliphatic carboxylic acids is 1. The number of hydrogen-bond acceptors (Lipinski definition) is 8. The maximum absolute atomic E-state index is 14.5. The van der Waals surface area contributed by atoms with E-state index in [1.54, 1.807) is 6.08 Å². The number of sulfonamides is 1. The van der Waals surface area contributed by atoms with E-state index < -0.39 is 33.9 Å². The number of rotatable bonds is 9. The van der Waals surface area contributed by atoms with Crippen LogP contribution >= 0.6 is 0 Å². The van der Waals surface area contributed by atoms with Crippen LogP contribution in [0.15, 0.2) is 81.9 Å². The number of anilines is 1. The molecule has 0 bridgehead atoms. The van der Waals surface area contributed by atoms with Gasteiger partial charge in [-0.1, -0.05) is 87.3 Å². The summed E-state index contributed by atoms with van der Waals surface area (Å²) in [5.74, 6) is -1.50. The van der Waals surface area contributed by atoms with Crippen molar-refractivity contribution >= 4 is 62.8 Å². The molecule has 2 aromatic carbocycles. The quantitative estimate of drug-likeness (QED) is 0.0683. The zero-order valence-electron chi connectivity index (χ0n) is 33.5. The molecule has 3 aliphatic rings. The first-order valence-corrected chi connectivity index (χ1v) is 20.6. The van der Waals surface area contributed by atoms with Gasteiger partial charge in [0.05, 0.1) is 24.6 Å². The number of esters is 1. The molecule has 3 atom stereocenters. The molecule has 0 spiro atoms. The predicted molar refractivity (Wildman–Crippen MR) is 219 cm³/mol. The Labute approximate surface area is 351 Å². The molecule has 16 heteroatoms. The van der Waals surface area contributed by atoms with Crippen LogP contribution < -0.4 is 14.6 Å². The molecule has 302 valence electrons. The molecule has 1 aromatic heterocycles. The number of benzene rings is 2. The van der Waals surface area contributed by atoms with Gasteiger partial charge in [-0.15, -0.1) is 0 Å². The molecule has 1 saturated heterocycles. The summed E-state index contributed by atoms with van der Waals surface area (Å²) in [6, 6.07) is 17.2. The second-order valence-corrected chi connectivity index (χ2v) is 16.5. The van der Waals surface area contributed by atoms with Crippen molar-refractivity contribution in [3.8, 4) is 11.1 Å². The average molecular weight is 861 g/mol. The van der Waals surface area contributed by atoms with Gasteiger partial charge in [-0.25, -0.2) is 27.8 Å². The number of amides is 1. The molecule has 3 aromatic rings. The second-order valence-electron chi connectivity index (χ2n) is 14.8.